The van der Waals surface area contributed by atoms with Crippen LogP contribution in [-0.4, -0.2) is 54.3 Å². The largest absolute Gasteiger partial charge is 0.479 e. The molecule has 0 atom stereocenters. The monoisotopic (exact) mass is 345 g/mol. The van der Waals surface area contributed by atoms with Crippen molar-refractivity contribution in [1.29, 1.82) is 0 Å². The number of carboxylic acids is 1. The minimum atomic E-state index is -1.03. The zero-order chi connectivity index (χ0) is 18.0. The zero-order valence-electron chi connectivity index (χ0n) is 14.6. The van der Waals surface area contributed by atoms with Gasteiger partial charge in [0.05, 0.1) is 12.0 Å². The highest BCUT2D eigenvalue weighted by Gasteiger charge is 2.44. The number of carboxylic acid groups (broad SMARTS) is 1. The first-order valence-electron chi connectivity index (χ1n) is 8.52. The third kappa shape index (κ3) is 3.04. The normalized spacial score (nSPS) is 16.8. The Hall–Kier alpha value is -2.64. The van der Waals surface area contributed by atoms with Crippen molar-refractivity contribution in [3.05, 3.63) is 36.2 Å². The number of imidazole rings is 1. The first-order chi connectivity index (χ1) is 12.0. The molecule has 1 N–H and O–H groups in total. The van der Waals surface area contributed by atoms with Gasteiger partial charge in [0, 0.05) is 32.5 Å². The first-order valence-corrected chi connectivity index (χ1v) is 8.52. The maximum Gasteiger partial charge on any atom is 0.330 e. The highest BCUT2D eigenvalue weighted by molar-refractivity contribution is 5.93. The fourth-order valence-electron chi connectivity index (χ4n) is 3.44. The summed E-state index contributed by atoms with van der Waals surface area (Å²) in [6.07, 6.45) is 7.29. The lowest BCUT2D eigenvalue weighted by Gasteiger charge is -2.39. The van der Waals surface area contributed by atoms with Crippen molar-refractivity contribution in [3.8, 4) is 0 Å². The Morgan fingerprint density at radius 1 is 1.32 bits per heavy atom. The summed E-state index contributed by atoms with van der Waals surface area (Å²) in [5.41, 5.74) is 0.421. The lowest BCUT2D eigenvalue weighted by Crippen LogP contribution is -2.52. The van der Waals surface area contributed by atoms with E-state index in [0.29, 0.717) is 31.6 Å². The van der Waals surface area contributed by atoms with Gasteiger partial charge in [-0.25, -0.2) is 9.78 Å². The van der Waals surface area contributed by atoms with Gasteiger partial charge in [-0.2, -0.15) is 5.10 Å². The molecule has 0 saturated carbocycles. The van der Waals surface area contributed by atoms with E-state index in [0.717, 1.165) is 18.5 Å². The number of carbonyl (C=O) groups excluding carboxylic acids is 1. The molecule has 1 amide bonds. The molecule has 8 nitrogen and oxygen atoms in total. The first kappa shape index (κ1) is 17.2. The second-order valence-electron chi connectivity index (χ2n) is 6.49. The summed E-state index contributed by atoms with van der Waals surface area (Å²) < 4.78 is 3.25. The number of rotatable bonds is 5. The third-order valence-electron chi connectivity index (χ3n) is 4.93. The van der Waals surface area contributed by atoms with Crippen molar-refractivity contribution < 1.29 is 14.7 Å². The number of carbonyl (C=O) groups is 2. The van der Waals surface area contributed by atoms with Crippen LogP contribution < -0.4 is 0 Å². The zero-order valence-corrected chi connectivity index (χ0v) is 14.6. The number of piperidine rings is 1. The van der Waals surface area contributed by atoms with Crippen LogP contribution >= 0.6 is 0 Å². The molecule has 1 aliphatic rings. The number of aryl methyl sites for hydroxylation is 2. The highest BCUT2D eigenvalue weighted by atomic mass is 16.4. The number of aliphatic carboxylic acids is 1. The van der Waals surface area contributed by atoms with Gasteiger partial charge in [0.2, 0.25) is 0 Å². The molecule has 0 aromatic carbocycles. The van der Waals surface area contributed by atoms with Crippen LogP contribution in [0.1, 0.15) is 42.4 Å². The summed E-state index contributed by atoms with van der Waals surface area (Å²) in [5, 5.41) is 14.1. The average molecular weight is 345 g/mol. The average Bonchev–Trinajstić information content (AvgIpc) is 3.25. The van der Waals surface area contributed by atoms with Crippen molar-refractivity contribution in [2.75, 3.05) is 13.1 Å². The van der Waals surface area contributed by atoms with Crippen LogP contribution in [0.3, 0.4) is 0 Å². The van der Waals surface area contributed by atoms with E-state index < -0.39 is 11.5 Å². The third-order valence-corrected chi connectivity index (χ3v) is 4.93. The molecule has 0 unspecified atom stereocenters. The Bertz CT molecular complexity index is 757. The Labute approximate surface area is 146 Å². The molecular formula is C17H23N5O3. The Balaban J connectivity index is 1.75. The summed E-state index contributed by atoms with van der Waals surface area (Å²) in [7, 11) is 1.77. The minimum absolute atomic E-state index is 0.0954. The molecule has 25 heavy (non-hydrogen) atoms. The van der Waals surface area contributed by atoms with Crippen LogP contribution in [0.4, 0.5) is 0 Å². The van der Waals surface area contributed by atoms with E-state index in [1.165, 1.54) is 6.33 Å². The molecule has 3 rings (SSSR count). The number of hydrogen-bond acceptors (Lipinski definition) is 4. The van der Waals surface area contributed by atoms with E-state index in [1.54, 1.807) is 33.6 Å². The minimum Gasteiger partial charge on any atom is -0.479 e. The number of nitrogens with zero attached hydrogens (tertiary/aromatic N) is 5. The van der Waals surface area contributed by atoms with Crippen molar-refractivity contribution in [2.45, 2.75) is 38.1 Å². The molecule has 8 heteroatoms. The Kier molecular flexibility index (Phi) is 4.61. The van der Waals surface area contributed by atoms with E-state index in [-0.39, 0.29) is 5.91 Å². The summed E-state index contributed by atoms with van der Waals surface area (Å²) in [5.74, 6) is -0.981. The van der Waals surface area contributed by atoms with Gasteiger partial charge < -0.3 is 14.6 Å². The molecule has 2 aromatic rings. The van der Waals surface area contributed by atoms with Gasteiger partial charge in [0.25, 0.3) is 5.91 Å². The van der Waals surface area contributed by atoms with Crippen LogP contribution in [0.15, 0.2) is 24.8 Å². The van der Waals surface area contributed by atoms with Crippen LogP contribution in [0.25, 0.3) is 0 Å². The van der Waals surface area contributed by atoms with Crippen LogP contribution in [0, 0.1) is 0 Å². The topological polar surface area (TPSA) is 93.3 Å². The summed E-state index contributed by atoms with van der Waals surface area (Å²) >= 11 is 0. The van der Waals surface area contributed by atoms with Crippen molar-refractivity contribution >= 4 is 11.9 Å². The van der Waals surface area contributed by atoms with Crippen LogP contribution in [-0.2, 0) is 23.8 Å². The van der Waals surface area contributed by atoms with Crippen LogP contribution in [0.2, 0.25) is 0 Å². The van der Waals surface area contributed by atoms with Crippen LogP contribution in [0.5, 0.6) is 0 Å². The second kappa shape index (κ2) is 6.70. The predicted molar refractivity (Wildman–Crippen MR) is 90.2 cm³/mol. The van der Waals surface area contributed by atoms with E-state index >= 15 is 0 Å². The fraction of sp³-hybridized carbons (Fsp3) is 0.529. The van der Waals surface area contributed by atoms with Crippen molar-refractivity contribution in [2.24, 2.45) is 7.05 Å². The predicted octanol–water partition coefficient (Wildman–Crippen LogP) is 1.29. The number of likely N-dealkylation sites (tertiary alicyclic amines) is 1. The molecule has 1 aliphatic heterocycles. The van der Waals surface area contributed by atoms with Gasteiger partial charge in [-0.3, -0.25) is 9.48 Å². The van der Waals surface area contributed by atoms with Gasteiger partial charge >= 0.3 is 5.97 Å². The van der Waals surface area contributed by atoms with Crippen molar-refractivity contribution in [3.63, 3.8) is 0 Å². The smallest absolute Gasteiger partial charge is 0.330 e. The Morgan fingerprint density at radius 3 is 2.60 bits per heavy atom. The van der Waals surface area contributed by atoms with E-state index in [1.807, 2.05) is 6.07 Å². The number of aromatic nitrogens is 4. The second-order valence-corrected chi connectivity index (χ2v) is 6.49. The van der Waals surface area contributed by atoms with E-state index in [2.05, 4.69) is 17.0 Å². The molecule has 0 aliphatic carbocycles. The molecule has 1 saturated heterocycles. The maximum atomic E-state index is 12.8. The van der Waals surface area contributed by atoms with Gasteiger partial charge in [-0.1, -0.05) is 13.3 Å². The molecule has 0 spiro atoms. The fourth-order valence-corrected chi connectivity index (χ4v) is 3.44. The Morgan fingerprint density at radius 2 is 2.04 bits per heavy atom. The molecule has 1 fully saturated rings. The van der Waals surface area contributed by atoms with Gasteiger partial charge in [-0.15, -0.1) is 0 Å². The quantitative estimate of drug-likeness (QED) is 0.881. The highest BCUT2D eigenvalue weighted by Crippen LogP contribution is 2.31. The maximum absolute atomic E-state index is 12.8. The molecule has 3 heterocycles. The van der Waals surface area contributed by atoms with E-state index in [9.17, 15) is 14.7 Å². The van der Waals surface area contributed by atoms with Crippen molar-refractivity contribution in [1.82, 2.24) is 24.2 Å². The van der Waals surface area contributed by atoms with Gasteiger partial charge in [-0.05, 0) is 25.3 Å². The summed E-state index contributed by atoms with van der Waals surface area (Å²) in [6, 6.07) is 1.83. The molecule has 134 valence electrons. The molecular weight excluding hydrogens is 322 g/mol. The standard InChI is InChI=1S/C17H23N5O3/c1-3-4-13-11-14(20(2)19-13)15(23)21-8-5-17(6-9-21,16(24)25)22-10-7-18-12-22/h7,10-12H,3-6,8-9H2,1-2H3,(H,24,25). The number of hydrogen-bond donors (Lipinski definition) is 1. The van der Waals surface area contributed by atoms with Gasteiger partial charge in [0.15, 0.2) is 0 Å². The molecule has 0 bridgehead atoms. The lowest BCUT2D eigenvalue weighted by molar-refractivity contribution is -0.150. The summed E-state index contributed by atoms with van der Waals surface area (Å²) in [6.45, 7) is 2.84. The van der Waals surface area contributed by atoms with E-state index in [4.69, 9.17) is 0 Å². The summed E-state index contributed by atoms with van der Waals surface area (Å²) in [4.78, 5) is 30.4. The molecule has 0 radical (unpaired) electrons. The van der Waals surface area contributed by atoms with Gasteiger partial charge in [0.1, 0.15) is 11.2 Å². The molecule has 2 aromatic heterocycles. The SMILES string of the molecule is CCCc1cc(C(=O)N2CCC(C(=O)O)(n3ccnc3)CC2)n(C)n1. The number of amides is 1. The lowest BCUT2D eigenvalue weighted by atomic mass is 9.87.